The summed E-state index contributed by atoms with van der Waals surface area (Å²) in [5.41, 5.74) is -3.27. The maximum absolute atomic E-state index is 12.9. The Kier molecular flexibility index (Phi) is 6.45. The van der Waals surface area contributed by atoms with Gasteiger partial charge in [-0.25, -0.2) is 18.0 Å². The zero-order valence-corrected chi connectivity index (χ0v) is 14.2. The molecule has 1 aromatic carbocycles. The predicted octanol–water partition coefficient (Wildman–Crippen LogP) is 1.26. The molecule has 170 valence electrons. The maximum atomic E-state index is 12.9. The highest BCUT2D eigenvalue weighted by molar-refractivity contribution is 7.85. The quantitative estimate of drug-likeness (QED) is 0.336. The highest BCUT2D eigenvalue weighted by Crippen LogP contribution is 2.35. The summed E-state index contributed by atoms with van der Waals surface area (Å²) >= 11 is 0. The van der Waals surface area contributed by atoms with Crippen molar-refractivity contribution in [3.05, 3.63) is 29.3 Å². The van der Waals surface area contributed by atoms with Crippen molar-refractivity contribution in [3.8, 4) is 0 Å². The molecule has 0 unspecified atom stereocenters. The summed E-state index contributed by atoms with van der Waals surface area (Å²) in [6.07, 6.45) is -23.8. The molecule has 0 aliphatic heterocycles. The molecule has 0 atom stereocenters. The summed E-state index contributed by atoms with van der Waals surface area (Å²) in [5, 5.41) is 15.8. The molecular formula is C12H5F8O9S-. The Bertz CT molecular complexity index is 891. The molecule has 0 radical (unpaired) electrons. The van der Waals surface area contributed by atoms with E-state index in [2.05, 4.69) is 9.47 Å². The van der Waals surface area contributed by atoms with Crippen LogP contribution in [-0.2, 0) is 19.6 Å². The van der Waals surface area contributed by atoms with Crippen molar-refractivity contribution in [1.29, 1.82) is 0 Å². The van der Waals surface area contributed by atoms with Gasteiger partial charge in [-0.3, -0.25) is 0 Å². The number of esters is 2. The van der Waals surface area contributed by atoms with Crippen LogP contribution in [0.15, 0.2) is 23.1 Å². The largest absolute Gasteiger partial charge is 0.744 e. The second kappa shape index (κ2) is 7.60. The van der Waals surface area contributed by atoms with Gasteiger partial charge in [0.15, 0.2) is 0 Å². The lowest BCUT2D eigenvalue weighted by Crippen LogP contribution is -2.44. The van der Waals surface area contributed by atoms with Gasteiger partial charge < -0.3 is 24.2 Å². The summed E-state index contributed by atoms with van der Waals surface area (Å²) in [4.78, 5) is 21.3. The van der Waals surface area contributed by atoms with Crippen molar-refractivity contribution in [2.75, 3.05) is 0 Å². The van der Waals surface area contributed by atoms with Gasteiger partial charge in [-0.2, -0.15) is 35.1 Å². The van der Waals surface area contributed by atoms with Crippen LogP contribution in [0.4, 0.5) is 35.1 Å². The third kappa shape index (κ3) is 5.74. The monoisotopic (exact) mass is 477 g/mol. The van der Waals surface area contributed by atoms with E-state index in [0.29, 0.717) is 0 Å². The first-order valence-corrected chi connectivity index (χ1v) is 8.03. The van der Waals surface area contributed by atoms with Gasteiger partial charge >= 0.3 is 36.4 Å². The molecular weight excluding hydrogens is 472 g/mol. The highest BCUT2D eigenvalue weighted by atomic mass is 32.2. The maximum Gasteiger partial charge on any atom is 0.496 e. The van der Waals surface area contributed by atoms with Gasteiger partial charge in [0.05, 0.1) is 16.0 Å². The first-order chi connectivity index (χ1) is 13.1. The van der Waals surface area contributed by atoms with E-state index in [1.165, 1.54) is 0 Å². The Balaban J connectivity index is 3.45. The molecule has 0 aliphatic carbocycles. The highest BCUT2D eigenvalue weighted by Gasteiger charge is 2.61. The van der Waals surface area contributed by atoms with Crippen LogP contribution in [0.2, 0.25) is 0 Å². The molecule has 9 nitrogen and oxygen atoms in total. The minimum Gasteiger partial charge on any atom is -0.744 e. The Morgan fingerprint density at radius 2 is 1.07 bits per heavy atom. The predicted molar refractivity (Wildman–Crippen MR) is 69.5 cm³/mol. The van der Waals surface area contributed by atoms with Crippen LogP contribution < -0.4 is 0 Å². The Morgan fingerprint density at radius 3 is 1.30 bits per heavy atom. The average molecular weight is 477 g/mol. The molecule has 2 N–H and O–H groups in total. The van der Waals surface area contributed by atoms with E-state index in [1.54, 1.807) is 0 Å². The summed E-state index contributed by atoms with van der Waals surface area (Å²) in [5.74, 6) is -5.24. The third-order valence-electron chi connectivity index (χ3n) is 2.81. The van der Waals surface area contributed by atoms with Crippen molar-refractivity contribution in [1.82, 2.24) is 0 Å². The second-order valence-corrected chi connectivity index (χ2v) is 6.47. The average Bonchev–Trinajstić information content (AvgIpc) is 2.50. The van der Waals surface area contributed by atoms with E-state index >= 15 is 0 Å². The van der Waals surface area contributed by atoms with Crippen molar-refractivity contribution in [2.24, 2.45) is 0 Å². The number of aliphatic hydroxyl groups is 2. The summed E-state index contributed by atoms with van der Waals surface area (Å²) in [7, 11) is -5.69. The third-order valence-corrected chi connectivity index (χ3v) is 3.62. The number of alkyl halides is 8. The lowest BCUT2D eigenvalue weighted by atomic mass is 10.1. The first-order valence-electron chi connectivity index (χ1n) is 6.62. The summed E-state index contributed by atoms with van der Waals surface area (Å²) in [6, 6.07) is -0.409. The van der Waals surface area contributed by atoms with Gasteiger partial charge in [0.2, 0.25) is 0 Å². The fourth-order valence-electron chi connectivity index (χ4n) is 1.45. The van der Waals surface area contributed by atoms with Gasteiger partial charge in [-0.15, -0.1) is 0 Å². The molecule has 30 heavy (non-hydrogen) atoms. The fourth-order valence-corrected chi connectivity index (χ4v) is 2.00. The molecule has 0 saturated carbocycles. The SMILES string of the molecule is O=C(OC(F)(F)C(O)(F)F)c1cc(C(=O)OC(F)(F)C(O)(F)F)cc(S(=O)(=O)[O-])c1. The molecule has 1 aromatic rings. The lowest BCUT2D eigenvalue weighted by Gasteiger charge is -2.22. The minimum atomic E-state index is -5.96. The number of carbonyl (C=O) groups excluding carboxylic acids is 2. The van der Waals surface area contributed by atoms with Gasteiger partial charge in [0.25, 0.3) is 0 Å². The van der Waals surface area contributed by atoms with Crippen LogP contribution in [-0.4, -0.2) is 59.6 Å². The van der Waals surface area contributed by atoms with Crippen molar-refractivity contribution < 1.29 is 77.4 Å². The fraction of sp³-hybridized carbons (Fsp3) is 0.333. The van der Waals surface area contributed by atoms with Gasteiger partial charge in [0.1, 0.15) is 10.1 Å². The molecule has 1 rings (SSSR count). The van der Waals surface area contributed by atoms with Gasteiger partial charge in [-0.1, -0.05) is 0 Å². The van der Waals surface area contributed by atoms with Crippen molar-refractivity contribution >= 4 is 22.1 Å². The smallest absolute Gasteiger partial charge is 0.496 e. The number of halogens is 8. The van der Waals surface area contributed by atoms with E-state index in [0.717, 1.165) is 0 Å². The molecule has 0 bridgehead atoms. The van der Waals surface area contributed by atoms with Crippen LogP contribution in [0.3, 0.4) is 0 Å². The summed E-state index contributed by atoms with van der Waals surface area (Å²) in [6.45, 7) is 0. The normalized spacial score (nSPS) is 13.7. The van der Waals surface area contributed by atoms with Crippen LogP contribution in [0.5, 0.6) is 0 Å². The molecule has 0 fully saturated rings. The van der Waals surface area contributed by atoms with E-state index in [4.69, 9.17) is 10.2 Å². The standard InChI is InChI=1S/C12H6F8O9S/c13-9(14,23)11(17,18)28-7(21)4-1-5(3-6(2-4)30(25,26)27)8(22)29-12(19,20)10(15,16)24/h1-3,23-24H,(H,25,26,27)/p-1. The lowest BCUT2D eigenvalue weighted by molar-refractivity contribution is -0.400. The van der Waals surface area contributed by atoms with E-state index in [-0.39, 0.29) is 18.2 Å². The van der Waals surface area contributed by atoms with Crippen molar-refractivity contribution in [3.63, 3.8) is 0 Å². The first kappa shape index (κ1) is 25.5. The van der Waals surface area contributed by atoms with E-state index < -0.39 is 62.5 Å². The number of ether oxygens (including phenoxy) is 2. The molecule has 0 amide bonds. The number of hydrogen-bond donors (Lipinski definition) is 2. The number of rotatable bonds is 7. The zero-order chi connectivity index (χ0) is 23.9. The Morgan fingerprint density at radius 1 is 0.767 bits per heavy atom. The van der Waals surface area contributed by atoms with Crippen molar-refractivity contribution in [2.45, 2.75) is 29.3 Å². The Labute approximate surface area is 159 Å². The molecule has 0 heterocycles. The molecule has 0 aromatic heterocycles. The van der Waals surface area contributed by atoms with Crippen LogP contribution in [0.25, 0.3) is 0 Å². The van der Waals surface area contributed by atoms with Gasteiger partial charge in [0, 0.05) is 0 Å². The summed E-state index contributed by atoms with van der Waals surface area (Å²) < 4.78 is 139. The van der Waals surface area contributed by atoms with Gasteiger partial charge in [-0.05, 0) is 18.2 Å². The number of hydrogen-bond acceptors (Lipinski definition) is 9. The molecule has 0 spiro atoms. The second-order valence-electron chi connectivity index (χ2n) is 5.10. The zero-order valence-electron chi connectivity index (χ0n) is 13.4. The molecule has 0 aliphatic rings. The number of carbonyl (C=O) groups is 2. The van der Waals surface area contributed by atoms with E-state index in [1.807, 2.05) is 0 Å². The number of benzene rings is 1. The van der Waals surface area contributed by atoms with Crippen LogP contribution >= 0.6 is 0 Å². The van der Waals surface area contributed by atoms with Crippen LogP contribution in [0.1, 0.15) is 20.7 Å². The van der Waals surface area contributed by atoms with E-state index in [9.17, 15) is 57.7 Å². The molecule has 18 heteroatoms. The minimum absolute atomic E-state index is 0.133. The molecule has 0 saturated heterocycles. The Hall–Kier alpha value is -2.57. The topological polar surface area (TPSA) is 150 Å². The van der Waals surface area contributed by atoms with Crippen LogP contribution in [0, 0.1) is 0 Å².